The minimum absolute atomic E-state index is 0.478. The molecular weight excluding hydrogens is 314 g/mol. The molecule has 122 valence electrons. The van der Waals surface area contributed by atoms with Crippen LogP contribution in [0.1, 0.15) is 36.3 Å². The first-order valence-electron chi connectivity index (χ1n) is 7.67. The molecule has 5 nitrogen and oxygen atoms in total. The molecule has 1 N–H and O–H groups in total. The maximum Gasteiger partial charge on any atom is 0.312 e. The minimum atomic E-state index is -0.785. The van der Waals surface area contributed by atoms with E-state index in [0.29, 0.717) is 24.5 Å². The average Bonchev–Trinajstić information content (AvgIpc) is 2.98. The summed E-state index contributed by atoms with van der Waals surface area (Å²) in [6, 6.07) is 5.69. The highest BCUT2D eigenvalue weighted by Gasteiger charge is 2.30. The van der Waals surface area contributed by atoms with Crippen LogP contribution in [0.3, 0.4) is 0 Å². The number of fused-ring (bicyclic) bond motifs is 1. The summed E-state index contributed by atoms with van der Waals surface area (Å²) < 4.78 is 10.9. The highest BCUT2D eigenvalue weighted by molar-refractivity contribution is 7.15. The van der Waals surface area contributed by atoms with Gasteiger partial charge in [-0.25, -0.2) is 4.98 Å². The van der Waals surface area contributed by atoms with Gasteiger partial charge in [-0.3, -0.25) is 4.79 Å². The Balaban J connectivity index is 2.00. The molecule has 3 rings (SSSR count). The normalized spacial score (nSPS) is 16.7. The van der Waals surface area contributed by atoms with E-state index in [4.69, 9.17) is 9.47 Å². The number of carboxylic acid groups (broad SMARTS) is 1. The number of aliphatic carboxylic acids is 1. The molecule has 0 fully saturated rings. The molecule has 1 aromatic carbocycles. The van der Waals surface area contributed by atoms with Crippen LogP contribution in [0.2, 0.25) is 0 Å². The highest BCUT2D eigenvalue weighted by atomic mass is 32.1. The number of carboxylic acids is 1. The largest absolute Gasteiger partial charge is 0.493 e. The van der Waals surface area contributed by atoms with E-state index < -0.39 is 11.9 Å². The van der Waals surface area contributed by atoms with E-state index in [-0.39, 0.29) is 0 Å². The number of benzene rings is 1. The van der Waals surface area contributed by atoms with Gasteiger partial charge in [0.15, 0.2) is 11.5 Å². The monoisotopic (exact) mass is 333 g/mol. The first-order valence-corrected chi connectivity index (χ1v) is 8.49. The Bertz CT molecular complexity index is 725. The fourth-order valence-electron chi connectivity index (χ4n) is 2.86. The van der Waals surface area contributed by atoms with E-state index in [0.717, 1.165) is 34.0 Å². The van der Waals surface area contributed by atoms with Crippen molar-refractivity contribution in [2.45, 2.75) is 32.1 Å². The molecule has 23 heavy (non-hydrogen) atoms. The summed E-state index contributed by atoms with van der Waals surface area (Å²) in [4.78, 5) is 17.1. The van der Waals surface area contributed by atoms with Gasteiger partial charge in [-0.15, -0.1) is 11.3 Å². The van der Waals surface area contributed by atoms with Gasteiger partial charge in [-0.05, 0) is 44.4 Å². The second kappa shape index (κ2) is 6.58. The number of aromatic nitrogens is 1. The van der Waals surface area contributed by atoms with Crippen molar-refractivity contribution in [2.75, 3.05) is 13.7 Å². The van der Waals surface area contributed by atoms with Gasteiger partial charge in [-0.2, -0.15) is 0 Å². The lowest BCUT2D eigenvalue weighted by Crippen LogP contribution is -2.17. The average molecular weight is 333 g/mol. The Morgan fingerprint density at radius 1 is 1.43 bits per heavy atom. The van der Waals surface area contributed by atoms with Gasteiger partial charge < -0.3 is 14.6 Å². The van der Waals surface area contributed by atoms with Crippen molar-refractivity contribution >= 4 is 17.3 Å². The zero-order valence-corrected chi connectivity index (χ0v) is 14.0. The van der Waals surface area contributed by atoms with Gasteiger partial charge in [0.1, 0.15) is 5.01 Å². The van der Waals surface area contributed by atoms with Gasteiger partial charge in [0.2, 0.25) is 0 Å². The molecular formula is C17H19NO4S. The molecule has 6 heteroatoms. The van der Waals surface area contributed by atoms with Crippen LogP contribution in [0.15, 0.2) is 18.2 Å². The summed E-state index contributed by atoms with van der Waals surface area (Å²) in [6.45, 7) is 2.47. The number of nitrogens with zero attached hydrogens (tertiary/aromatic N) is 1. The molecule has 0 bridgehead atoms. The van der Waals surface area contributed by atoms with E-state index >= 15 is 0 Å². The van der Waals surface area contributed by atoms with Crippen LogP contribution in [-0.2, 0) is 11.2 Å². The molecule has 0 spiro atoms. The van der Waals surface area contributed by atoms with Crippen molar-refractivity contribution in [3.8, 4) is 22.1 Å². The number of rotatable bonds is 5. The molecule has 0 aliphatic heterocycles. The van der Waals surface area contributed by atoms with Crippen LogP contribution in [0.25, 0.3) is 10.6 Å². The summed E-state index contributed by atoms with van der Waals surface area (Å²) >= 11 is 1.58. The summed E-state index contributed by atoms with van der Waals surface area (Å²) in [5.74, 6) is 0.0942. The standard InChI is InChI=1S/C17H19NO4S/c1-3-22-13-9-10(7-8-12(13)21-2)16-18-15-11(17(19)20)5-4-6-14(15)23-16/h7-9,11H,3-6H2,1-2H3,(H,19,20). The maximum absolute atomic E-state index is 11.4. The lowest BCUT2D eigenvalue weighted by molar-refractivity contribution is -0.139. The molecule has 0 radical (unpaired) electrons. The smallest absolute Gasteiger partial charge is 0.312 e. The molecule has 2 aromatic rings. The summed E-state index contributed by atoms with van der Waals surface area (Å²) in [5, 5.41) is 10.2. The molecule has 1 aliphatic carbocycles. The fourth-order valence-corrected chi connectivity index (χ4v) is 4.02. The maximum atomic E-state index is 11.4. The third-order valence-electron chi connectivity index (χ3n) is 3.96. The Labute approximate surface area is 138 Å². The zero-order valence-electron chi connectivity index (χ0n) is 13.2. The second-order valence-corrected chi connectivity index (χ2v) is 6.49. The van der Waals surface area contributed by atoms with Crippen LogP contribution in [-0.4, -0.2) is 29.8 Å². The minimum Gasteiger partial charge on any atom is -0.493 e. The first-order chi connectivity index (χ1) is 11.1. The Morgan fingerprint density at radius 3 is 2.96 bits per heavy atom. The van der Waals surface area contributed by atoms with Crippen LogP contribution >= 0.6 is 11.3 Å². The van der Waals surface area contributed by atoms with Crippen molar-refractivity contribution in [2.24, 2.45) is 0 Å². The van der Waals surface area contributed by atoms with Gasteiger partial charge in [0.25, 0.3) is 0 Å². The predicted octanol–water partition coefficient (Wildman–Crippen LogP) is 3.72. The van der Waals surface area contributed by atoms with Crippen LogP contribution in [0.4, 0.5) is 0 Å². The quantitative estimate of drug-likeness (QED) is 0.903. The Hall–Kier alpha value is -2.08. The van der Waals surface area contributed by atoms with Crippen LogP contribution < -0.4 is 9.47 Å². The third kappa shape index (κ3) is 3.03. The number of ether oxygens (including phenoxy) is 2. The van der Waals surface area contributed by atoms with E-state index in [1.807, 2.05) is 25.1 Å². The van der Waals surface area contributed by atoms with Gasteiger partial charge >= 0.3 is 5.97 Å². The van der Waals surface area contributed by atoms with Crippen LogP contribution in [0, 0.1) is 0 Å². The third-order valence-corrected chi connectivity index (χ3v) is 5.14. The number of methoxy groups -OCH3 is 1. The molecule has 1 unspecified atom stereocenters. The lowest BCUT2D eigenvalue weighted by Gasteiger charge is -2.16. The molecule has 0 saturated carbocycles. The number of thiazole rings is 1. The molecule has 0 amide bonds. The number of aryl methyl sites for hydroxylation is 1. The van der Waals surface area contributed by atoms with Crippen molar-refractivity contribution in [3.63, 3.8) is 0 Å². The predicted molar refractivity (Wildman–Crippen MR) is 88.6 cm³/mol. The van der Waals surface area contributed by atoms with E-state index in [1.54, 1.807) is 18.4 Å². The van der Waals surface area contributed by atoms with Crippen LogP contribution in [0.5, 0.6) is 11.5 Å². The first kappa shape index (κ1) is 15.8. The second-order valence-electron chi connectivity index (χ2n) is 5.41. The fraction of sp³-hybridized carbons (Fsp3) is 0.412. The summed E-state index contributed by atoms with van der Waals surface area (Å²) in [6.07, 6.45) is 2.47. The lowest BCUT2D eigenvalue weighted by atomic mass is 9.91. The summed E-state index contributed by atoms with van der Waals surface area (Å²) in [7, 11) is 1.61. The van der Waals surface area contributed by atoms with Crippen molar-refractivity contribution in [1.82, 2.24) is 4.98 Å². The van der Waals surface area contributed by atoms with Gasteiger partial charge in [0, 0.05) is 10.4 Å². The Morgan fingerprint density at radius 2 is 2.26 bits per heavy atom. The topological polar surface area (TPSA) is 68.7 Å². The SMILES string of the molecule is CCOc1cc(-c2nc3c(s2)CCCC3C(=O)O)ccc1OC. The van der Waals surface area contributed by atoms with Crippen molar-refractivity contribution in [1.29, 1.82) is 0 Å². The molecule has 0 saturated heterocycles. The van der Waals surface area contributed by atoms with Gasteiger partial charge in [-0.1, -0.05) is 0 Å². The summed E-state index contributed by atoms with van der Waals surface area (Å²) in [5.41, 5.74) is 1.66. The zero-order chi connectivity index (χ0) is 16.4. The molecule has 1 aliphatic rings. The van der Waals surface area contributed by atoms with Crippen molar-refractivity contribution in [3.05, 3.63) is 28.8 Å². The van der Waals surface area contributed by atoms with E-state index in [2.05, 4.69) is 4.98 Å². The number of hydrogen-bond acceptors (Lipinski definition) is 5. The van der Waals surface area contributed by atoms with Gasteiger partial charge in [0.05, 0.1) is 25.3 Å². The highest BCUT2D eigenvalue weighted by Crippen LogP contribution is 2.40. The van der Waals surface area contributed by atoms with Crippen molar-refractivity contribution < 1.29 is 19.4 Å². The van der Waals surface area contributed by atoms with E-state index in [1.165, 1.54) is 0 Å². The van der Waals surface area contributed by atoms with E-state index in [9.17, 15) is 9.90 Å². The molecule has 1 heterocycles. The number of hydrogen-bond donors (Lipinski definition) is 1. The molecule has 1 atom stereocenters. The molecule has 1 aromatic heterocycles. The Kier molecular flexibility index (Phi) is 4.52. The number of carbonyl (C=O) groups is 1.